The van der Waals surface area contributed by atoms with Crippen LogP contribution in [0.2, 0.25) is 0 Å². The Bertz CT molecular complexity index is 954. The molecule has 0 unspecified atom stereocenters. The van der Waals surface area contributed by atoms with Crippen molar-refractivity contribution in [3.05, 3.63) is 54.1 Å². The first kappa shape index (κ1) is 22.5. The molecule has 154 valence electrons. The van der Waals surface area contributed by atoms with Crippen LogP contribution in [0.4, 0.5) is 5.82 Å². The van der Waals surface area contributed by atoms with Gasteiger partial charge in [0.15, 0.2) is 17.4 Å². The van der Waals surface area contributed by atoms with Crippen molar-refractivity contribution in [3.63, 3.8) is 0 Å². The third-order valence-electron chi connectivity index (χ3n) is 3.93. The summed E-state index contributed by atoms with van der Waals surface area (Å²) < 4.78 is 1.90. The number of hydrogen-bond acceptors (Lipinski definition) is 5. The van der Waals surface area contributed by atoms with E-state index in [2.05, 4.69) is 36.1 Å². The molecule has 3 rings (SSSR count). The summed E-state index contributed by atoms with van der Waals surface area (Å²) in [6.07, 6.45) is 3.93. The number of aryl methyl sites for hydroxylation is 1. The zero-order chi connectivity index (χ0) is 19.8. The number of amides is 1. The first-order chi connectivity index (χ1) is 13.7. The van der Waals surface area contributed by atoms with Crippen molar-refractivity contribution in [2.24, 2.45) is 4.99 Å². The number of aromatic nitrogens is 4. The molecule has 10 heteroatoms. The predicted molar refractivity (Wildman–Crippen MR) is 123 cm³/mol. The van der Waals surface area contributed by atoms with Gasteiger partial charge in [0.1, 0.15) is 12.4 Å². The minimum absolute atomic E-state index is 0. The van der Waals surface area contributed by atoms with E-state index in [0.717, 1.165) is 17.0 Å². The molecule has 0 aliphatic rings. The Morgan fingerprint density at radius 2 is 2.03 bits per heavy atom. The fraction of sp³-hybridized carbons (Fsp3) is 0.316. The van der Waals surface area contributed by atoms with Crippen LogP contribution in [0.25, 0.3) is 5.65 Å². The number of carbonyl (C=O) groups excluding carboxylic acids is 1. The molecular formula is C19H25IN8O. The van der Waals surface area contributed by atoms with Gasteiger partial charge in [0.25, 0.3) is 0 Å². The molecule has 0 fully saturated rings. The summed E-state index contributed by atoms with van der Waals surface area (Å²) in [4.78, 5) is 20.7. The van der Waals surface area contributed by atoms with Crippen molar-refractivity contribution in [3.8, 4) is 0 Å². The number of halogens is 1. The second kappa shape index (κ2) is 11.3. The molecular weight excluding hydrogens is 483 g/mol. The standard InChI is InChI=1S/C19H24N8O.HI/c1-3-20-19(23-13-17-26-25-16-6-4-5-11-27(16)17)21-10-9-18(28)24-15-8-7-14(2)12-22-15;/h4-8,11-12H,3,9-10,13H2,1-2H3,(H2,20,21,23)(H,22,24,28);1H. The second-order valence-electron chi connectivity index (χ2n) is 6.19. The van der Waals surface area contributed by atoms with Gasteiger partial charge in [-0.25, -0.2) is 9.98 Å². The molecule has 0 saturated heterocycles. The molecule has 3 aromatic heterocycles. The van der Waals surface area contributed by atoms with E-state index < -0.39 is 0 Å². The number of anilines is 1. The van der Waals surface area contributed by atoms with Gasteiger partial charge >= 0.3 is 0 Å². The van der Waals surface area contributed by atoms with Gasteiger partial charge in [-0.05, 0) is 37.6 Å². The van der Waals surface area contributed by atoms with Gasteiger partial charge in [0, 0.05) is 31.9 Å². The van der Waals surface area contributed by atoms with Gasteiger partial charge < -0.3 is 16.0 Å². The van der Waals surface area contributed by atoms with Crippen LogP contribution in [0.1, 0.15) is 24.7 Å². The Balaban J connectivity index is 0.00000300. The van der Waals surface area contributed by atoms with Crippen molar-refractivity contribution in [2.75, 3.05) is 18.4 Å². The monoisotopic (exact) mass is 508 g/mol. The van der Waals surface area contributed by atoms with Gasteiger partial charge in [0.05, 0.1) is 0 Å². The molecule has 0 aromatic carbocycles. The van der Waals surface area contributed by atoms with Crippen LogP contribution in [-0.2, 0) is 11.3 Å². The van der Waals surface area contributed by atoms with Crippen molar-refractivity contribution >= 4 is 47.3 Å². The lowest BCUT2D eigenvalue weighted by Gasteiger charge is -2.11. The lowest BCUT2D eigenvalue weighted by Crippen LogP contribution is -2.38. The topological polar surface area (TPSA) is 109 Å². The Morgan fingerprint density at radius 3 is 2.79 bits per heavy atom. The van der Waals surface area contributed by atoms with Crippen molar-refractivity contribution in [1.82, 2.24) is 30.2 Å². The van der Waals surface area contributed by atoms with Crippen LogP contribution >= 0.6 is 24.0 Å². The molecule has 9 nitrogen and oxygen atoms in total. The highest BCUT2D eigenvalue weighted by Gasteiger charge is 2.06. The fourth-order valence-electron chi connectivity index (χ4n) is 2.53. The quantitative estimate of drug-likeness (QED) is 0.257. The number of nitrogens with zero attached hydrogens (tertiary/aromatic N) is 5. The summed E-state index contributed by atoms with van der Waals surface area (Å²) in [5.41, 5.74) is 1.83. The number of fused-ring (bicyclic) bond motifs is 1. The maximum atomic E-state index is 12.1. The SMILES string of the molecule is CCNC(=NCc1nnc2ccccn12)NCCC(=O)Nc1ccc(C)cn1.I. The van der Waals surface area contributed by atoms with Crippen molar-refractivity contribution in [2.45, 2.75) is 26.8 Å². The average molecular weight is 508 g/mol. The molecule has 1 amide bonds. The van der Waals surface area contributed by atoms with E-state index >= 15 is 0 Å². The van der Waals surface area contributed by atoms with E-state index in [1.807, 2.05) is 48.7 Å². The summed E-state index contributed by atoms with van der Waals surface area (Å²) >= 11 is 0. The summed E-state index contributed by atoms with van der Waals surface area (Å²) in [5.74, 6) is 1.81. The summed E-state index contributed by atoms with van der Waals surface area (Å²) in [6, 6.07) is 9.43. The Morgan fingerprint density at radius 1 is 1.17 bits per heavy atom. The van der Waals surface area contributed by atoms with E-state index in [4.69, 9.17) is 0 Å². The third-order valence-corrected chi connectivity index (χ3v) is 3.93. The fourth-order valence-corrected chi connectivity index (χ4v) is 2.53. The number of aliphatic imine (C=N–C) groups is 1. The van der Waals surface area contributed by atoms with Crippen LogP contribution in [0.15, 0.2) is 47.7 Å². The normalized spacial score (nSPS) is 11.0. The first-order valence-corrected chi connectivity index (χ1v) is 9.19. The second-order valence-corrected chi connectivity index (χ2v) is 6.19. The van der Waals surface area contributed by atoms with Gasteiger partial charge in [-0.1, -0.05) is 12.1 Å². The summed E-state index contributed by atoms with van der Waals surface area (Å²) in [5, 5.41) is 17.4. The van der Waals surface area contributed by atoms with Crippen molar-refractivity contribution < 1.29 is 4.79 Å². The van der Waals surface area contributed by atoms with E-state index in [9.17, 15) is 4.79 Å². The minimum Gasteiger partial charge on any atom is -0.357 e. The van der Waals surface area contributed by atoms with Gasteiger partial charge in [0.2, 0.25) is 5.91 Å². The summed E-state index contributed by atoms with van der Waals surface area (Å²) in [6.45, 7) is 5.47. The van der Waals surface area contributed by atoms with Crippen LogP contribution < -0.4 is 16.0 Å². The molecule has 0 spiro atoms. The number of guanidine groups is 1. The number of nitrogens with one attached hydrogen (secondary N) is 3. The Kier molecular flexibility index (Phi) is 8.77. The van der Waals surface area contributed by atoms with Crippen LogP contribution in [0.5, 0.6) is 0 Å². The largest absolute Gasteiger partial charge is 0.357 e. The highest BCUT2D eigenvalue weighted by Crippen LogP contribution is 2.05. The number of hydrogen-bond donors (Lipinski definition) is 3. The maximum absolute atomic E-state index is 12.1. The minimum atomic E-state index is -0.108. The molecule has 0 bridgehead atoms. The van der Waals surface area contributed by atoms with E-state index in [1.165, 1.54) is 0 Å². The van der Waals surface area contributed by atoms with Gasteiger partial charge in [-0.15, -0.1) is 34.2 Å². The van der Waals surface area contributed by atoms with Gasteiger partial charge in [-0.2, -0.15) is 0 Å². The molecule has 0 saturated carbocycles. The van der Waals surface area contributed by atoms with Crippen LogP contribution in [0.3, 0.4) is 0 Å². The molecule has 3 heterocycles. The third kappa shape index (κ3) is 6.66. The molecule has 29 heavy (non-hydrogen) atoms. The number of carbonyl (C=O) groups is 1. The maximum Gasteiger partial charge on any atom is 0.227 e. The molecule has 0 atom stereocenters. The van der Waals surface area contributed by atoms with Crippen LogP contribution in [0, 0.1) is 6.92 Å². The van der Waals surface area contributed by atoms with Crippen LogP contribution in [-0.4, -0.2) is 44.5 Å². The summed E-state index contributed by atoms with van der Waals surface area (Å²) in [7, 11) is 0. The molecule has 3 aromatic rings. The highest BCUT2D eigenvalue weighted by molar-refractivity contribution is 14.0. The van der Waals surface area contributed by atoms with E-state index in [0.29, 0.717) is 37.8 Å². The number of pyridine rings is 2. The lowest BCUT2D eigenvalue weighted by molar-refractivity contribution is -0.116. The Hall–Kier alpha value is -2.76. The average Bonchev–Trinajstić information content (AvgIpc) is 3.11. The van der Waals surface area contributed by atoms with Crippen molar-refractivity contribution in [1.29, 1.82) is 0 Å². The van der Waals surface area contributed by atoms with Gasteiger partial charge in [-0.3, -0.25) is 9.20 Å². The predicted octanol–water partition coefficient (Wildman–Crippen LogP) is 2.13. The lowest BCUT2D eigenvalue weighted by atomic mass is 10.3. The first-order valence-electron chi connectivity index (χ1n) is 9.19. The zero-order valence-corrected chi connectivity index (χ0v) is 18.8. The zero-order valence-electron chi connectivity index (χ0n) is 16.4. The van der Waals surface area contributed by atoms with E-state index in [-0.39, 0.29) is 29.9 Å². The highest BCUT2D eigenvalue weighted by atomic mass is 127. The smallest absolute Gasteiger partial charge is 0.227 e. The molecule has 0 radical (unpaired) electrons. The molecule has 0 aliphatic heterocycles. The Labute approximate surface area is 186 Å². The molecule has 3 N–H and O–H groups in total. The van der Waals surface area contributed by atoms with E-state index in [1.54, 1.807) is 12.3 Å². The molecule has 0 aliphatic carbocycles. The number of rotatable bonds is 7.